The van der Waals surface area contributed by atoms with Gasteiger partial charge in [-0.25, -0.2) is 4.99 Å². The Balaban J connectivity index is 1.48. The van der Waals surface area contributed by atoms with E-state index in [1.807, 2.05) is 61.5 Å². The van der Waals surface area contributed by atoms with Gasteiger partial charge in [0.25, 0.3) is 5.91 Å². The zero-order valence-electron chi connectivity index (χ0n) is 19.4. The first-order valence-electron chi connectivity index (χ1n) is 11.6. The van der Waals surface area contributed by atoms with Gasteiger partial charge in [-0.1, -0.05) is 66.4 Å². The molecule has 0 radical (unpaired) electrons. The lowest BCUT2D eigenvalue weighted by molar-refractivity contribution is -0.113. The highest BCUT2D eigenvalue weighted by Gasteiger charge is 2.40. The van der Waals surface area contributed by atoms with Gasteiger partial charge in [0.15, 0.2) is 5.17 Å². The number of amides is 1. The van der Waals surface area contributed by atoms with E-state index in [0.29, 0.717) is 10.1 Å². The number of aryl methyl sites for hydroxylation is 1. The van der Waals surface area contributed by atoms with Crippen molar-refractivity contribution in [3.05, 3.63) is 106 Å². The summed E-state index contributed by atoms with van der Waals surface area (Å²) in [5.74, 6) is -0.0334. The van der Waals surface area contributed by atoms with Crippen LogP contribution < -0.4 is 9.80 Å². The van der Waals surface area contributed by atoms with E-state index in [4.69, 9.17) is 4.99 Å². The maximum Gasteiger partial charge on any atom is 0.274 e. The molecule has 0 saturated carbocycles. The Morgan fingerprint density at radius 3 is 2.46 bits per heavy atom. The van der Waals surface area contributed by atoms with Gasteiger partial charge in [0.2, 0.25) is 0 Å². The average molecular weight is 494 g/mol. The molecular weight excluding hydrogens is 470 g/mol. The molecule has 0 N–H and O–H groups in total. The summed E-state index contributed by atoms with van der Waals surface area (Å²) in [4.78, 5) is 24.8. The molecule has 0 aromatic heterocycles. The minimum atomic E-state index is -0.0334. The summed E-state index contributed by atoms with van der Waals surface area (Å²) in [7, 11) is 0. The van der Waals surface area contributed by atoms with Crippen molar-refractivity contribution in [1.29, 1.82) is 0 Å². The quantitative estimate of drug-likeness (QED) is 0.274. The molecule has 0 atom stereocenters. The minimum Gasteiger partial charge on any atom is -0.334 e. The number of nitrogens with zero attached hydrogens (tertiary/aromatic N) is 3. The van der Waals surface area contributed by atoms with E-state index in [2.05, 4.69) is 48.2 Å². The van der Waals surface area contributed by atoms with E-state index in [-0.39, 0.29) is 5.91 Å². The highest BCUT2D eigenvalue weighted by atomic mass is 32.2. The van der Waals surface area contributed by atoms with Gasteiger partial charge in [0.05, 0.1) is 17.1 Å². The Hall–Kier alpha value is -3.48. The number of benzene rings is 4. The lowest BCUT2D eigenvalue weighted by Crippen LogP contribution is -2.29. The second-order valence-electron chi connectivity index (χ2n) is 8.46. The van der Waals surface area contributed by atoms with Crippen molar-refractivity contribution in [1.82, 2.24) is 0 Å². The van der Waals surface area contributed by atoms with Crippen molar-refractivity contribution in [3.8, 4) is 0 Å². The van der Waals surface area contributed by atoms with Crippen molar-refractivity contribution in [2.24, 2.45) is 4.99 Å². The van der Waals surface area contributed by atoms with Gasteiger partial charge < -0.3 is 4.90 Å². The van der Waals surface area contributed by atoms with Gasteiger partial charge in [-0.3, -0.25) is 9.69 Å². The summed E-state index contributed by atoms with van der Waals surface area (Å²) in [5, 5.41) is 3.95. The van der Waals surface area contributed by atoms with Crippen LogP contribution in [0, 0.1) is 6.92 Å². The second-order valence-corrected chi connectivity index (χ2v) is 10.5. The number of fused-ring (bicyclic) bond motifs is 2. The molecule has 2 aliphatic heterocycles. The summed E-state index contributed by atoms with van der Waals surface area (Å²) >= 11 is 3.12. The fourth-order valence-corrected chi connectivity index (χ4v) is 6.84. The minimum absolute atomic E-state index is 0.0334. The number of carbonyl (C=O) groups is 1. The van der Waals surface area contributed by atoms with Gasteiger partial charge in [-0.05, 0) is 78.3 Å². The van der Waals surface area contributed by atoms with Gasteiger partial charge in [0, 0.05) is 11.4 Å². The molecule has 4 aromatic carbocycles. The Morgan fingerprint density at radius 1 is 0.829 bits per heavy atom. The van der Waals surface area contributed by atoms with E-state index in [0.717, 1.165) is 39.6 Å². The maximum absolute atomic E-state index is 14.0. The fourth-order valence-electron chi connectivity index (χ4n) is 4.45. The van der Waals surface area contributed by atoms with Crippen LogP contribution in [0.5, 0.6) is 0 Å². The average Bonchev–Trinajstić information content (AvgIpc) is 3.40. The van der Waals surface area contributed by atoms with Crippen LogP contribution in [0.4, 0.5) is 17.1 Å². The van der Waals surface area contributed by atoms with Crippen molar-refractivity contribution in [2.75, 3.05) is 16.3 Å². The van der Waals surface area contributed by atoms with Crippen molar-refractivity contribution in [3.63, 3.8) is 0 Å². The number of hydrogen-bond donors (Lipinski definition) is 0. The molecule has 2 heterocycles. The molecule has 1 fully saturated rings. The molecule has 0 aliphatic carbocycles. The van der Waals surface area contributed by atoms with E-state index in [1.54, 1.807) is 16.7 Å². The SMILES string of the molecule is CCN1C(=C2SC(=Nc3ccc4ccccc4c3)N(c3cccc(C)c3)C2=O)Sc2ccccc21. The smallest absolute Gasteiger partial charge is 0.274 e. The summed E-state index contributed by atoms with van der Waals surface area (Å²) in [6.07, 6.45) is 0. The normalized spacial score (nSPS) is 18.7. The summed E-state index contributed by atoms with van der Waals surface area (Å²) in [6, 6.07) is 30.8. The molecule has 0 spiro atoms. The van der Waals surface area contributed by atoms with Crippen LogP contribution >= 0.6 is 23.5 Å². The Labute approximate surface area is 213 Å². The standard InChI is InChI=1S/C29H23N3OS2/c1-3-31-24-13-6-7-14-25(24)34-28(31)26-27(33)32(23-12-8-9-19(2)17-23)29(35-26)30-22-16-15-20-10-4-5-11-21(20)18-22/h4-18H,3H2,1-2H3. The van der Waals surface area contributed by atoms with Crippen LogP contribution in [0.1, 0.15) is 12.5 Å². The van der Waals surface area contributed by atoms with Gasteiger partial charge >= 0.3 is 0 Å². The Kier molecular flexibility index (Phi) is 5.63. The first-order chi connectivity index (χ1) is 17.1. The molecule has 4 nitrogen and oxygen atoms in total. The summed E-state index contributed by atoms with van der Waals surface area (Å²) in [6.45, 7) is 4.95. The number of amidine groups is 1. The number of hydrogen-bond acceptors (Lipinski definition) is 5. The molecule has 4 aromatic rings. The lowest BCUT2D eigenvalue weighted by atomic mass is 10.1. The molecule has 35 heavy (non-hydrogen) atoms. The number of aliphatic imine (C=N–C) groups is 1. The predicted octanol–water partition coefficient (Wildman–Crippen LogP) is 7.72. The molecule has 1 amide bonds. The van der Waals surface area contributed by atoms with E-state index in [9.17, 15) is 4.79 Å². The van der Waals surface area contributed by atoms with Crippen LogP contribution in [0.15, 0.2) is 111 Å². The topological polar surface area (TPSA) is 35.9 Å². The van der Waals surface area contributed by atoms with Crippen LogP contribution in [0.2, 0.25) is 0 Å². The monoisotopic (exact) mass is 493 g/mol. The van der Waals surface area contributed by atoms with Crippen molar-refractivity contribution >= 4 is 62.4 Å². The second kappa shape index (κ2) is 8.95. The number of anilines is 2. The lowest BCUT2D eigenvalue weighted by Gasteiger charge is -2.19. The van der Waals surface area contributed by atoms with Crippen LogP contribution in [0.3, 0.4) is 0 Å². The van der Waals surface area contributed by atoms with Gasteiger partial charge in [-0.15, -0.1) is 0 Å². The van der Waals surface area contributed by atoms with E-state index < -0.39 is 0 Å². The summed E-state index contributed by atoms with van der Waals surface area (Å²) in [5.41, 5.74) is 3.92. The first-order valence-corrected chi connectivity index (χ1v) is 13.2. The molecule has 2 aliphatic rings. The highest BCUT2D eigenvalue weighted by Crippen LogP contribution is 2.51. The highest BCUT2D eigenvalue weighted by molar-refractivity contribution is 8.20. The molecule has 172 valence electrons. The van der Waals surface area contributed by atoms with Crippen LogP contribution in [-0.2, 0) is 4.79 Å². The first kappa shape index (κ1) is 22.0. The Bertz CT molecular complexity index is 1540. The zero-order valence-corrected chi connectivity index (χ0v) is 21.1. The maximum atomic E-state index is 14.0. The van der Waals surface area contributed by atoms with Crippen LogP contribution in [-0.4, -0.2) is 17.6 Å². The predicted molar refractivity (Wildman–Crippen MR) is 150 cm³/mol. The molecule has 1 saturated heterocycles. The van der Waals surface area contributed by atoms with Gasteiger partial charge in [-0.2, -0.15) is 0 Å². The van der Waals surface area contributed by atoms with E-state index >= 15 is 0 Å². The summed E-state index contributed by atoms with van der Waals surface area (Å²) < 4.78 is 0. The van der Waals surface area contributed by atoms with Crippen molar-refractivity contribution in [2.45, 2.75) is 18.7 Å². The zero-order chi connectivity index (χ0) is 23.9. The molecule has 0 bridgehead atoms. The largest absolute Gasteiger partial charge is 0.334 e. The van der Waals surface area contributed by atoms with Gasteiger partial charge in [0.1, 0.15) is 9.93 Å². The third-order valence-electron chi connectivity index (χ3n) is 6.12. The van der Waals surface area contributed by atoms with Crippen LogP contribution in [0.25, 0.3) is 10.8 Å². The Morgan fingerprint density at radius 2 is 1.63 bits per heavy atom. The number of rotatable bonds is 3. The number of carbonyl (C=O) groups excluding carboxylic acids is 1. The molecule has 0 unspecified atom stereocenters. The third kappa shape index (κ3) is 3.93. The van der Waals surface area contributed by atoms with Crippen molar-refractivity contribution < 1.29 is 4.79 Å². The number of para-hydroxylation sites is 1. The molecule has 6 rings (SSSR count). The molecular formula is C29H23N3OS2. The van der Waals surface area contributed by atoms with E-state index in [1.165, 1.54) is 22.0 Å². The fraction of sp³-hybridized carbons (Fsp3) is 0.103. The molecule has 6 heteroatoms. The number of thioether (sulfide) groups is 2. The third-order valence-corrected chi connectivity index (χ3v) is 8.46.